The van der Waals surface area contributed by atoms with E-state index >= 15 is 0 Å². The van der Waals surface area contributed by atoms with Crippen LogP contribution in [0.1, 0.15) is 20.8 Å². The predicted molar refractivity (Wildman–Crippen MR) is 44.2 cm³/mol. The molecular weight excluding hydrogens is 142 g/mol. The van der Waals surface area contributed by atoms with Gasteiger partial charge in [-0.05, 0) is 5.41 Å². The summed E-state index contributed by atoms with van der Waals surface area (Å²) in [5.74, 6) is -0.238. The molecule has 0 aromatic rings. The van der Waals surface area contributed by atoms with Crippen molar-refractivity contribution >= 4 is 5.91 Å². The fraction of sp³-hybridized carbons (Fsp3) is 0.875. The third-order valence-corrected chi connectivity index (χ3v) is 1.49. The van der Waals surface area contributed by atoms with E-state index in [-0.39, 0.29) is 11.3 Å². The average molecular weight is 159 g/mol. The van der Waals surface area contributed by atoms with Gasteiger partial charge in [0.1, 0.15) is 6.10 Å². The number of aliphatic hydroxyl groups is 1. The third kappa shape index (κ3) is 2.89. The number of rotatable bonds is 1. The van der Waals surface area contributed by atoms with E-state index < -0.39 is 6.10 Å². The molecule has 66 valence electrons. The van der Waals surface area contributed by atoms with Crippen molar-refractivity contribution in [3.8, 4) is 0 Å². The van der Waals surface area contributed by atoms with E-state index in [2.05, 4.69) is 0 Å². The molecule has 0 radical (unpaired) electrons. The van der Waals surface area contributed by atoms with Gasteiger partial charge in [0.2, 0.25) is 0 Å². The second-order valence-electron chi connectivity index (χ2n) is 4.00. The minimum Gasteiger partial charge on any atom is -0.383 e. The average Bonchev–Trinajstić information content (AvgIpc) is 1.82. The standard InChI is InChI=1S/C8H17NO2/c1-8(2,3)6(10)7(11)9(4)5/h6,10H,1-5H3. The number of nitrogens with zero attached hydrogens (tertiary/aromatic N) is 1. The van der Waals surface area contributed by atoms with Gasteiger partial charge in [-0.15, -0.1) is 0 Å². The Morgan fingerprint density at radius 3 is 1.82 bits per heavy atom. The highest BCUT2D eigenvalue weighted by molar-refractivity contribution is 5.80. The van der Waals surface area contributed by atoms with E-state index in [0.717, 1.165) is 0 Å². The van der Waals surface area contributed by atoms with Crippen LogP contribution in [0, 0.1) is 5.41 Å². The van der Waals surface area contributed by atoms with Gasteiger partial charge in [-0.2, -0.15) is 0 Å². The minimum absolute atomic E-state index is 0.238. The van der Waals surface area contributed by atoms with Crippen molar-refractivity contribution < 1.29 is 9.90 Å². The van der Waals surface area contributed by atoms with Crippen LogP contribution in [0.3, 0.4) is 0 Å². The van der Waals surface area contributed by atoms with Gasteiger partial charge >= 0.3 is 0 Å². The zero-order chi connectivity index (χ0) is 9.23. The van der Waals surface area contributed by atoms with Crippen LogP contribution in [0.25, 0.3) is 0 Å². The maximum absolute atomic E-state index is 11.2. The minimum atomic E-state index is -0.905. The van der Waals surface area contributed by atoms with E-state index in [0.29, 0.717) is 0 Å². The van der Waals surface area contributed by atoms with Crippen molar-refractivity contribution in [2.24, 2.45) is 5.41 Å². The summed E-state index contributed by atoms with van der Waals surface area (Å²) in [5.41, 5.74) is -0.374. The third-order valence-electron chi connectivity index (χ3n) is 1.49. The molecule has 1 atom stereocenters. The molecule has 0 aromatic carbocycles. The van der Waals surface area contributed by atoms with Crippen molar-refractivity contribution in [2.75, 3.05) is 14.1 Å². The highest BCUT2D eigenvalue weighted by Crippen LogP contribution is 2.19. The molecular formula is C8H17NO2. The fourth-order valence-electron chi connectivity index (χ4n) is 0.615. The molecule has 0 aromatic heterocycles. The molecule has 0 saturated carbocycles. The molecule has 11 heavy (non-hydrogen) atoms. The van der Waals surface area contributed by atoms with Gasteiger partial charge < -0.3 is 10.0 Å². The van der Waals surface area contributed by atoms with E-state index in [1.807, 2.05) is 20.8 Å². The summed E-state index contributed by atoms with van der Waals surface area (Å²) >= 11 is 0. The number of aliphatic hydroxyl groups excluding tert-OH is 1. The number of carbonyl (C=O) groups is 1. The Morgan fingerprint density at radius 2 is 1.73 bits per heavy atom. The zero-order valence-corrected chi connectivity index (χ0v) is 7.88. The summed E-state index contributed by atoms with van der Waals surface area (Å²) in [4.78, 5) is 12.6. The summed E-state index contributed by atoms with van der Waals surface area (Å²) in [6.07, 6.45) is -0.905. The molecule has 0 aliphatic rings. The van der Waals surface area contributed by atoms with Crippen LogP contribution in [0.4, 0.5) is 0 Å². The van der Waals surface area contributed by atoms with E-state index in [4.69, 9.17) is 0 Å². The summed E-state index contributed by atoms with van der Waals surface area (Å²) in [6, 6.07) is 0. The molecule has 0 fully saturated rings. The monoisotopic (exact) mass is 159 g/mol. The number of likely N-dealkylation sites (N-methyl/N-ethyl adjacent to an activating group) is 1. The zero-order valence-electron chi connectivity index (χ0n) is 7.88. The molecule has 1 amide bonds. The summed E-state index contributed by atoms with van der Waals surface area (Å²) in [5, 5.41) is 9.43. The lowest BCUT2D eigenvalue weighted by molar-refractivity contribution is -0.143. The maximum Gasteiger partial charge on any atom is 0.251 e. The number of amides is 1. The SMILES string of the molecule is CN(C)C(=O)C(O)C(C)(C)C. The summed E-state index contributed by atoms with van der Waals surface area (Å²) < 4.78 is 0. The van der Waals surface area contributed by atoms with Gasteiger partial charge in [-0.3, -0.25) is 4.79 Å². The number of hydrogen-bond donors (Lipinski definition) is 1. The van der Waals surface area contributed by atoms with E-state index in [1.54, 1.807) is 14.1 Å². The van der Waals surface area contributed by atoms with Crippen molar-refractivity contribution in [1.29, 1.82) is 0 Å². The van der Waals surface area contributed by atoms with Gasteiger partial charge in [0.25, 0.3) is 5.91 Å². The van der Waals surface area contributed by atoms with Crippen LogP contribution in [0.15, 0.2) is 0 Å². The van der Waals surface area contributed by atoms with Crippen LogP contribution in [0.2, 0.25) is 0 Å². The van der Waals surface area contributed by atoms with Crippen LogP contribution in [-0.2, 0) is 4.79 Å². The first kappa shape index (κ1) is 10.4. The lowest BCUT2D eigenvalue weighted by Gasteiger charge is -2.26. The van der Waals surface area contributed by atoms with Gasteiger partial charge in [-0.1, -0.05) is 20.8 Å². The van der Waals surface area contributed by atoms with E-state index in [9.17, 15) is 9.90 Å². The Hall–Kier alpha value is -0.570. The molecule has 3 heteroatoms. The molecule has 0 spiro atoms. The number of carbonyl (C=O) groups excluding carboxylic acids is 1. The van der Waals surface area contributed by atoms with Gasteiger partial charge in [-0.25, -0.2) is 0 Å². The first-order chi connectivity index (χ1) is 4.76. The normalized spacial score (nSPS) is 14.4. The first-order valence-corrected chi connectivity index (χ1v) is 3.66. The molecule has 0 heterocycles. The molecule has 0 saturated heterocycles. The topological polar surface area (TPSA) is 40.5 Å². The van der Waals surface area contributed by atoms with Crippen LogP contribution < -0.4 is 0 Å². The Kier molecular flexibility index (Phi) is 3.05. The Morgan fingerprint density at radius 1 is 1.36 bits per heavy atom. The fourth-order valence-corrected chi connectivity index (χ4v) is 0.615. The largest absolute Gasteiger partial charge is 0.383 e. The molecule has 0 aliphatic heterocycles. The molecule has 1 N–H and O–H groups in total. The molecule has 0 aliphatic carbocycles. The van der Waals surface area contributed by atoms with Crippen molar-refractivity contribution in [1.82, 2.24) is 4.90 Å². The maximum atomic E-state index is 11.2. The summed E-state index contributed by atoms with van der Waals surface area (Å²) in [6.45, 7) is 5.50. The molecule has 0 bridgehead atoms. The first-order valence-electron chi connectivity index (χ1n) is 3.66. The number of hydrogen-bond acceptors (Lipinski definition) is 2. The van der Waals surface area contributed by atoms with Crippen molar-refractivity contribution in [3.63, 3.8) is 0 Å². The molecule has 3 nitrogen and oxygen atoms in total. The Balaban J connectivity index is 4.26. The lowest BCUT2D eigenvalue weighted by atomic mass is 9.88. The second kappa shape index (κ2) is 3.22. The Bertz CT molecular complexity index is 147. The Labute approximate surface area is 68.0 Å². The second-order valence-corrected chi connectivity index (χ2v) is 4.00. The van der Waals surface area contributed by atoms with Crippen molar-refractivity contribution in [2.45, 2.75) is 26.9 Å². The van der Waals surface area contributed by atoms with Gasteiger partial charge in [0.15, 0.2) is 0 Å². The molecule has 1 unspecified atom stereocenters. The highest BCUT2D eigenvalue weighted by Gasteiger charge is 2.29. The van der Waals surface area contributed by atoms with Crippen LogP contribution in [0.5, 0.6) is 0 Å². The molecule has 0 rings (SSSR count). The smallest absolute Gasteiger partial charge is 0.251 e. The van der Waals surface area contributed by atoms with Crippen LogP contribution >= 0.6 is 0 Å². The van der Waals surface area contributed by atoms with Crippen LogP contribution in [-0.4, -0.2) is 36.1 Å². The lowest BCUT2D eigenvalue weighted by Crippen LogP contribution is -2.41. The summed E-state index contributed by atoms with van der Waals surface area (Å²) in [7, 11) is 3.27. The quantitative estimate of drug-likeness (QED) is 0.604. The predicted octanol–water partition coefficient (Wildman–Crippen LogP) is 0.482. The highest BCUT2D eigenvalue weighted by atomic mass is 16.3. The van der Waals surface area contributed by atoms with E-state index in [1.165, 1.54) is 4.90 Å². The van der Waals surface area contributed by atoms with Gasteiger partial charge in [0, 0.05) is 14.1 Å². The van der Waals surface area contributed by atoms with Crippen molar-refractivity contribution in [3.05, 3.63) is 0 Å². The van der Waals surface area contributed by atoms with Gasteiger partial charge in [0.05, 0.1) is 0 Å².